The highest BCUT2D eigenvalue weighted by Crippen LogP contribution is 2.66. The Kier molecular flexibility index (Phi) is 8.76. The molecule has 2 fully saturated rings. The number of anilines is 2. The van der Waals surface area contributed by atoms with Crippen LogP contribution in [0.2, 0.25) is 0 Å². The number of esters is 1. The number of rotatable bonds is 4. The van der Waals surface area contributed by atoms with Gasteiger partial charge in [0, 0.05) is 17.2 Å². The van der Waals surface area contributed by atoms with Gasteiger partial charge in [-0.3, -0.25) is 4.79 Å². The predicted molar refractivity (Wildman–Crippen MR) is 170 cm³/mol. The standard InChI is InChI=1S/C37H38F6N2O4/c1-34-18-16-21(32(47)49-3)20-24(34)8-13-27-28-14-15-30(35(28,2)19-17-29(27)34)31(46)45(26-11-6-23(7-12-26)37(41,42)43)33(48)44-25-9-4-22(5-10-25)36(38,39)40/h4-12,20,27-30H,13-19H2,1-3H3,(H,44,48)/t27-,28-,29-,30+,34-,35-/m0/s1. The lowest BCUT2D eigenvalue weighted by atomic mass is 9.48. The number of carbonyl (C=O) groups excluding carboxylic acids is 3. The van der Waals surface area contributed by atoms with Gasteiger partial charge in [-0.15, -0.1) is 0 Å². The molecule has 4 aliphatic rings. The number of carbonyl (C=O) groups is 3. The van der Waals surface area contributed by atoms with Crippen molar-refractivity contribution in [1.82, 2.24) is 0 Å². The summed E-state index contributed by atoms with van der Waals surface area (Å²) in [6, 6.07) is 6.45. The van der Waals surface area contributed by atoms with Crippen molar-refractivity contribution in [2.24, 2.45) is 34.5 Å². The third-order valence-electron chi connectivity index (χ3n) is 11.9. The molecule has 2 aromatic carbocycles. The van der Waals surface area contributed by atoms with Gasteiger partial charge in [0.2, 0.25) is 5.91 Å². The van der Waals surface area contributed by atoms with Gasteiger partial charge < -0.3 is 10.1 Å². The van der Waals surface area contributed by atoms with Gasteiger partial charge in [0.05, 0.1) is 23.9 Å². The summed E-state index contributed by atoms with van der Waals surface area (Å²) in [6.45, 7) is 4.32. The van der Waals surface area contributed by atoms with E-state index in [0.717, 1.165) is 84.7 Å². The molecule has 6 nitrogen and oxygen atoms in total. The number of hydrogen-bond donors (Lipinski definition) is 1. The summed E-state index contributed by atoms with van der Waals surface area (Å²) in [5.74, 6) is -0.766. The summed E-state index contributed by atoms with van der Waals surface area (Å²) in [6.07, 6.45) is -0.118. The molecule has 0 aromatic heterocycles. The summed E-state index contributed by atoms with van der Waals surface area (Å²) in [7, 11) is 1.37. The van der Waals surface area contributed by atoms with Crippen LogP contribution in [0.15, 0.2) is 71.8 Å². The average molecular weight is 689 g/mol. The highest BCUT2D eigenvalue weighted by Gasteiger charge is 2.60. The van der Waals surface area contributed by atoms with Crippen LogP contribution in [0.1, 0.15) is 69.9 Å². The molecule has 6 rings (SSSR count). The fourth-order valence-electron chi connectivity index (χ4n) is 9.24. The third-order valence-corrected chi connectivity index (χ3v) is 11.9. The number of imide groups is 1. The largest absolute Gasteiger partial charge is 0.466 e. The first-order chi connectivity index (χ1) is 23.0. The zero-order valence-corrected chi connectivity index (χ0v) is 27.4. The average Bonchev–Trinajstić information content (AvgIpc) is 3.41. The van der Waals surface area contributed by atoms with E-state index in [1.54, 1.807) is 0 Å². The lowest BCUT2D eigenvalue weighted by Gasteiger charge is -2.57. The first-order valence-corrected chi connectivity index (χ1v) is 16.5. The molecule has 0 unspecified atom stereocenters. The number of amides is 3. The van der Waals surface area contributed by atoms with Gasteiger partial charge in [-0.1, -0.05) is 19.9 Å². The maximum absolute atomic E-state index is 14.5. The van der Waals surface area contributed by atoms with Gasteiger partial charge in [0.1, 0.15) is 0 Å². The minimum atomic E-state index is -4.64. The molecule has 12 heteroatoms. The minimum Gasteiger partial charge on any atom is -0.466 e. The second kappa shape index (κ2) is 12.4. The molecule has 6 atom stereocenters. The highest BCUT2D eigenvalue weighted by molar-refractivity contribution is 6.19. The number of allylic oxidation sites excluding steroid dienone is 3. The highest BCUT2D eigenvalue weighted by atomic mass is 19.4. The van der Waals surface area contributed by atoms with Crippen molar-refractivity contribution in [3.63, 3.8) is 0 Å². The van der Waals surface area contributed by atoms with E-state index in [1.165, 1.54) is 7.11 Å². The van der Waals surface area contributed by atoms with Crippen molar-refractivity contribution in [3.8, 4) is 0 Å². The molecule has 2 aromatic rings. The van der Waals surface area contributed by atoms with Crippen LogP contribution >= 0.6 is 0 Å². The number of fused-ring (bicyclic) bond motifs is 5. The van der Waals surface area contributed by atoms with Gasteiger partial charge >= 0.3 is 24.4 Å². The van der Waals surface area contributed by atoms with Crippen molar-refractivity contribution in [3.05, 3.63) is 83.0 Å². The number of methoxy groups -OCH3 is 1. The Morgan fingerprint density at radius 2 is 1.45 bits per heavy atom. The molecule has 0 saturated heterocycles. The van der Waals surface area contributed by atoms with Crippen LogP contribution in [-0.4, -0.2) is 25.0 Å². The molecule has 0 aliphatic heterocycles. The smallest absolute Gasteiger partial charge is 0.416 e. The van der Waals surface area contributed by atoms with Crippen LogP contribution < -0.4 is 10.2 Å². The van der Waals surface area contributed by atoms with Crippen molar-refractivity contribution >= 4 is 29.3 Å². The normalized spacial score (nSPS) is 29.4. The van der Waals surface area contributed by atoms with E-state index in [4.69, 9.17) is 4.74 Å². The number of nitrogens with zero attached hydrogens (tertiary/aromatic N) is 1. The quantitative estimate of drug-likeness (QED) is 0.257. The zero-order valence-electron chi connectivity index (χ0n) is 27.4. The number of benzene rings is 2. The van der Waals surface area contributed by atoms with E-state index in [1.807, 2.05) is 6.08 Å². The molecule has 1 N–H and O–H groups in total. The van der Waals surface area contributed by atoms with Crippen LogP contribution in [0, 0.1) is 34.5 Å². The molecular weight excluding hydrogens is 650 g/mol. The van der Waals surface area contributed by atoms with Crippen molar-refractivity contribution < 1.29 is 45.5 Å². The van der Waals surface area contributed by atoms with Crippen LogP contribution in [0.3, 0.4) is 0 Å². The van der Waals surface area contributed by atoms with Gasteiger partial charge in [0.25, 0.3) is 0 Å². The molecule has 3 amide bonds. The monoisotopic (exact) mass is 688 g/mol. The Labute approximate surface area is 280 Å². The lowest BCUT2D eigenvalue weighted by molar-refractivity contribution is -0.138. The number of nitrogens with one attached hydrogen (secondary N) is 1. The molecule has 0 spiro atoms. The van der Waals surface area contributed by atoms with Gasteiger partial charge in [-0.25, -0.2) is 14.5 Å². The van der Waals surface area contributed by atoms with E-state index in [-0.39, 0.29) is 34.6 Å². The molecule has 4 aliphatic carbocycles. The number of alkyl halides is 6. The number of ether oxygens (including phenoxy) is 1. The Morgan fingerprint density at radius 1 is 0.837 bits per heavy atom. The molecule has 0 radical (unpaired) electrons. The molecule has 0 bridgehead atoms. The molecule has 262 valence electrons. The Morgan fingerprint density at radius 3 is 2.04 bits per heavy atom. The van der Waals surface area contributed by atoms with Crippen molar-refractivity contribution in [2.45, 2.75) is 71.1 Å². The first kappa shape index (κ1) is 34.8. The van der Waals surface area contributed by atoms with E-state index >= 15 is 0 Å². The van der Waals surface area contributed by atoms with Gasteiger partial charge in [0.15, 0.2) is 0 Å². The summed E-state index contributed by atoms with van der Waals surface area (Å²) in [5.41, 5.74) is -0.790. The lowest BCUT2D eigenvalue weighted by Crippen LogP contribution is -2.52. The SMILES string of the molecule is COC(=O)C1=CC2=CC[C@H]3[C@@H]4CC[C@H](C(=O)N(C(=O)Nc5ccc(C(F)(F)F)cc5)c5ccc(C(F)(F)F)cc5)[C@@]4(C)CC[C@@H]3[C@@]2(C)CC1. The second-order valence-electron chi connectivity index (χ2n) is 14.2. The van der Waals surface area contributed by atoms with E-state index in [0.29, 0.717) is 30.8 Å². The number of hydrogen-bond acceptors (Lipinski definition) is 4. The second-order valence-corrected chi connectivity index (χ2v) is 14.2. The fourth-order valence-corrected chi connectivity index (χ4v) is 9.24. The summed E-state index contributed by atoms with van der Waals surface area (Å²) < 4.78 is 84.5. The van der Waals surface area contributed by atoms with Crippen LogP contribution in [0.4, 0.5) is 42.5 Å². The summed E-state index contributed by atoms with van der Waals surface area (Å²) >= 11 is 0. The van der Waals surface area contributed by atoms with E-state index in [2.05, 4.69) is 25.2 Å². The number of urea groups is 1. The molecule has 0 heterocycles. The summed E-state index contributed by atoms with van der Waals surface area (Å²) in [4.78, 5) is 41.4. The fraction of sp³-hybridized carbons (Fsp3) is 0.486. The van der Waals surface area contributed by atoms with Crippen molar-refractivity contribution in [2.75, 3.05) is 17.3 Å². The van der Waals surface area contributed by atoms with Crippen LogP contribution in [0.5, 0.6) is 0 Å². The maximum atomic E-state index is 14.5. The Hall–Kier alpha value is -4.09. The van der Waals surface area contributed by atoms with Gasteiger partial charge in [-0.05, 0) is 134 Å². The Bertz CT molecular complexity index is 1700. The van der Waals surface area contributed by atoms with Crippen LogP contribution in [0.25, 0.3) is 0 Å². The first-order valence-electron chi connectivity index (χ1n) is 16.5. The van der Waals surface area contributed by atoms with Crippen LogP contribution in [-0.2, 0) is 26.7 Å². The Balaban J connectivity index is 1.29. The third kappa shape index (κ3) is 6.16. The molecular formula is C37H38F6N2O4. The minimum absolute atomic E-state index is 0.00587. The molecule has 2 saturated carbocycles. The van der Waals surface area contributed by atoms with E-state index < -0.39 is 46.8 Å². The van der Waals surface area contributed by atoms with E-state index in [9.17, 15) is 40.7 Å². The number of halogens is 6. The molecule has 49 heavy (non-hydrogen) atoms. The maximum Gasteiger partial charge on any atom is 0.416 e. The predicted octanol–water partition coefficient (Wildman–Crippen LogP) is 9.58. The van der Waals surface area contributed by atoms with Gasteiger partial charge in [-0.2, -0.15) is 26.3 Å². The zero-order chi connectivity index (χ0) is 35.5. The van der Waals surface area contributed by atoms with Crippen molar-refractivity contribution in [1.29, 1.82) is 0 Å². The summed E-state index contributed by atoms with van der Waals surface area (Å²) in [5, 5.41) is 2.48. The topological polar surface area (TPSA) is 75.7 Å².